The molecule has 9 nitrogen and oxygen atoms in total. The lowest BCUT2D eigenvalue weighted by Crippen LogP contribution is -2.26. The number of carbonyl (C=O) groups excluding carboxylic acids is 1. The van der Waals surface area contributed by atoms with Gasteiger partial charge in [0.25, 0.3) is 0 Å². The molecule has 0 fully saturated rings. The van der Waals surface area contributed by atoms with Gasteiger partial charge in [0.15, 0.2) is 5.82 Å². The Morgan fingerprint density at radius 3 is 2.86 bits per heavy atom. The van der Waals surface area contributed by atoms with E-state index >= 15 is 0 Å². The maximum Gasteiger partial charge on any atom is 0.307 e. The summed E-state index contributed by atoms with van der Waals surface area (Å²) in [5, 5.41) is 21.7. The topological polar surface area (TPSA) is 108 Å². The van der Waals surface area contributed by atoms with Crippen LogP contribution < -0.4 is 5.32 Å². The Morgan fingerprint density at radius 1 is 1.43 bits per heavy atom. The fraction of sp³-hybridized carbons (Fsp3) is 0.235. The van der Waals surface area contributed by atoms with Gasteiger partial charge >= 0.3 is 5.69 Å². The number of hydrogen-bond acceptors (Lipinski definition) is 5. The lowest BCUT2D eigenvalue weighted by atomic mass is 10.2. The van der Waals surface area contributed by atoms with Crippen LogP contribution in [0.2, 0.25) is 5.02 Å². The first kappa shape index (κ1) is 19.5. The third kappa shape index (κ3) is 4.34. The van der Waals surface area contributed by atoms with E-state index in [9.17, 15) is 19.3 Å². The van der Waals surface area contributed by atoms with Gasteiger partial charge in [-0.15, -0.1) is 0 Å². The predicted molar refractivity (Wildman–Crippen MR) is 99.6 cm³/mol. The molecule has 1 aromatic carbocycles. The molecule has 2 heterocycles. The van der Waals surface area contributed by atoms with E-state index < -0.39 is 16.9 Å². The zero-order valence-corrected chi connectivity index (χ0v) is 15.5. The Hall–Kier alpha value is -3.27. The minimum absolute atomic E-state index is 0.142. The molecule has 1 N–H and O–H groups in total. The minimum atomic E-state index is -0.766. The van der Waals surface area contributed by atoms with E-state index in [-0.39, 0.29) is 28.9 Å². The zero-order valence-electron chi connectivity index (χ0n) is 14.7. The molecule has 11 heteroatoms. The van der Waals surface area contributed by atoms with E-state index in [1.165, 1.54) is 33.9 Å². The van der Waals surface area contributed by atoms with Gasteiger partial charge in [-0.25, -0.2) is 4.39 Å². The zero-order chi connectivity index (χ0) is 20.3. The van der Waals surface area contributed by atoms with Crippen molar-refractivity contribution in [2.24, 2.45) is 0 Å². The van der Waals surface area contributed by atoms with Gasteiger partial charge in [0.05, 0.1) is 11.5 Å². The van der Waals surface area contributed by atoms with Crippen LogP contribution in [0.15, 0.2) is 42.9 Å². The summed E-state index contributed by atoms with van der Waals surface area (Å²) < 4.78 is 16.0. The van der Waals surface area contributed by atoms with Crippen molar-refractivity contribution in [2.75, 3.05) is 5.32 Å². The summed E-state index contributed by atoms with van der Waals surface area (Å²) in [7, 11) is 0. The average molecular weight is 407 g/mol. The maximum absolute atomic E-state index is 13.3. The summed E-state index contributed by atoms with van der Waals surface area (Å²) in [5.74, 6) is -0.676. The summed E-state index contributed by atoms with van der Waals surface area (Å²) in [6, 6.07) is 5.29. The quantitative estimate of drug-likeness (QED) is 0.477. The second kappa shape index (κ2) is 8.17. The van der Waals surface area contributed by atoms with Crippen molar-refractivity contribution in [3.05, 3.63) is 69.4 Å². The van der Waals surface area contributed by atoms with E-state index in [1.807, 2.05) is 0 Å². The van der Waals surface area contributed by atoms with Gasteiger partial charge in [0, 0.05) is 6.20 Å². The van der Waals surface area contributed by atoms with Crippen molar-refractivity contribution in [1.29, 1.82) is 0 Å². The van der Waals surface area contributed by atoms with E-state index in [4.69, 9.17) is 11.6 Å². The van der Waals surface area contributed by atoms with Crippen LogP contribution in [-0.2, 0) is 11.3 Å². The van der Waals surface area contributed by atoms with Crippen LogP contribution in [0.5, 0.6) is 0 Å². The number of amides is 1. The molecule has 0 aliphatic carbocycles. The Morgan fingerprint density at radius 2 is 2.21 bits per heavy atom. The lowest BCUT2D eigenvalue weighted by Gasteiger charge is -2.14. The van der Waals surface area contributed by atoms with E-state index in [2.05, 4.69) is 15.5 Å². The molecule has 0 spiro atoms. The number of halogens is 2. The number of nitrogens with one attached hydrogen (secondary N) is 1. The number of aromatic nitrogens is 4. The Kier molecular flexibility index (Phi) is 5.69. The predicted octanol–water partition coefficient (Wildman–Crippen LogP) is 3.42. The van der Waals surface area contributed by atoms with Gasteiger partial charge in [-0.2, -0.15) is 10.2 Å². The van der Waals surface area contributed by atoms with Crippen LogP contribution in [0.3, 0.4) is 0 Å². The van der Waals surface area contributed by atoms with Crippen molar-refractivity contribution >= 4 is 29.0 Å². The first-order valence-electron chi connectivity index (χ1n) is 8.34. The smallest absolute Gasteiger partial charge is 0.306 e. The van der Waals surface area contributed by atoms with Crippen molar-refractivity contribution < 1.29 is 14.1 Å². The SMILES string of the molecule is CCC(C(=O)Nc1nn(Cc2cccc(F)c2)cc1Cl)n1cc([N+](=O)[O-])cn1. The molecule has 2 aromatic heterocycles. The number of carbonyl (C=O) groups is 1. The van der Waals surface area contributed by atoms with E-state index in [0.717, 1.165) is 6.20 Å². The van der Waals surface area contributed by atoms with Crippen LogP contribution in [-0.4, -0.2) is 30.4 Å². The number of nitro groups is 1. The van der Waals surface area contributed by atoms with Crippen LogP contribution >= 0.6 is 11.6 Å². The molecule has 3 rings (SSSR count). The highest BCUT2D eigenvalue weighted by atomic mass is 35.5. The molecule has 0 radical (unpaired) electrons. The molecule has 0 aliphatic rings. The number of nitrogens with zero attached hydrogens (tertiary/aromatic N) is 5. The van der Waals surface area contributed by atoms with Gasteiger partial charge in [-0.05, 0) is 24.1 Å². The maximum atomic E-state index is 13.3. The summed E-state index contributed by atoms with van der Waals surface area (Å²) in [6.07, 6.45) is 4.14. The molecule has 1 unspecified atom stereocenters. The van der Waals surface area contributed by atoms with Gasteiger partial charge in [-0.3, -0.25) is 24.3 Å². The van der Waals surface area contributed by atoms with E-state index in [0.29, 0.717) is 12.0 Å². The van der Waals surface area contributed by atoms with Gasteiger partial charge < -0.3 is 5.32 Å². The lowest BCUT2D eigenvalue weighted by molar-refractivity contribution is -0.385. The Bertz CT molecular complexity index is 1020. The Labute approximate surface area is 163 Å². The third-order valence-electron chi connectivity index (χ3n) is 4.00. The second-order valence-corrected chi connectivity index (χ2v) is 6.41. The molecular weight excluding hydrogens is 391 g/mol. The van der Waals surface area contributed by atoms with Crippen LogP contribution in [0.1, 0.15) is 24.9 Å². The van der Waals surface area contributed by atoms with Gasteiger partial charge in [0.1, 0.15) is 29.3 Å². The molecule has 0 saturated heterocycles. The van der Waals surface area contributed by atoms with Crippen LogP contribution in [0.4, 0.5) is 15.9 Å². The summed E-state index contributed by atoms with van der Waals surface area (Å²) in [6.45, 7) is 2.03. The van der Waals surface area contributed by atoms with Crippen molar-refractivity contribution in [2.45, 2.75) is 25.9 Å². The van der Waals surface area contributed by atoms with Gasteiger partial charge in [0.2, 0.25) is 5.91 Å². The molecule has 1 atom stereocenters. The third-order valence-corrected chi connectivity index (χ3v) is 4.28. The summed E-state index contributed by atoms with van der Waals surface area (Å²) in [5.41, 5.74) is 0.482. The number of anilines is 1. The second-order valence-electron chi connectivity index (χ2n) is 6.00. The molecule has 28 heavy (non-hydrogen) atoms. The summed E-state index contributed by atoms with van der Waals surface area (Å²) in [4.78, 5) is 22.8. The van der Waals surface area contributed by atoms with Crippen LogP contribution in [0.25, 0.3) is 0 Å². The van der Waals surface area contributed by atoms with Gasteiger partial charge in [-0.1, -0.05) is 30.7 Å². The molecule has 0 aliphatic heterocycles. The highest BCUT2D eigenvalue weighted by Gasteiger charge is 2.23. The molecule has 0 saturated carbocycles. The largest absolute Gasteiger partial charge is 0.307 e. The monoisotopic (exact) mass is 406 g/mol. The first-order valence-corrected chi connectivity index (χ1v) is 8.72. The highest BCUT2D eigenvalue weighted by molar-refractivity contribution is 6.33. The average Bonchev–Trinajstić information content (AvgIpc) is 3.23. The first-order chi connectivity index (χ1) is 13.4. The van der Waals surface area contributed by atoms with E-state index in [1.54, 1.807) is 19.1 Å². The number of rotatable bonds is 7. The summed E-state index contributed by atoms with van der Waals surface area (Å²) >= 11 is 6.14. The van der Waals surface area contributed by atoms with Crippen LogP contribution in [0, 0.1) is 15.9 Å². The fourth-order valence-electron chi connectivity index (χ4n) is 2.67. The van der Waals surface area contributed by atoms with Crippen molar-refractivity contribution in [3.8, 4) is 0 Å². The molecule has 1 amide bonds. The molecule has 146 valence electrons. The highest BCUT2D eigenvalue weighted by Crippen LogP contribution is 2.23. The van der Waals surface area contributed by atoms with Crippen molar-refractivity contribution in [1.82, 2.24) is 19.6 Å². The normalized spacial score (nSPS) is 12.0. The number of hydrogen-bond donors (Lipinski definition) is 1. The minimum Gasteiger partial charge on any atom is -0.306 e. The fourth-order valence-corrected chi connectivity index (χ4v) is 2.87. The molecular formula is C17H16ClFN6O3. The standard InChI is InChI=1S/C17H16ClFN6O3/c1-2-15(24-9-13(7-20-24)25(27)28)17(26)21-16-14(18)10-23(22-16)8-11-4-3-5-12(19)6-11/h3-7,9-10,15H,2,8H2,1H3,(H,21,22,26). The Balaban J connectivity index is 1.73. The molecule has 0 bridgehead atoms. The number of benzene rings is 1. The van der Waals surface area contributed by atoms with Crippen molar-refractivity contribution in [3.63, 3.8) is 0 Å². The molecule has 3 aromatic rings.